The third kappa shape index (κ3) is 4.43. The minimum absolute atomic E-state index is 0.131. The van der Waals surface area contributed by atoms with E-state index in [9.17, 15) is 9.59 Å². The van der Waals surface area contributed by atoms with E-state index in [-0.39, 0.29) is 18.8 Å². The Bertz CT molecular complexity index is 665. The van der Waals surface area contributed by atoms with E-state index in [4.69, 9.17) is 9.47 Å². The molecule has 0 N–H and O–H groups in total. The fraction of sp³-hybridized carbons (Fsp3) is 0.176. The maximum Gasteiger partial charge on any atom is 0.310 e. The van der Waals surface area contributed by atoms with E-state index in [2.05, 4.69) is 15.9 Å². The Hall–Kier alpha value is -2.14. The van der Waals surface area contributed by atoms with Crippen molar-refractivity contribution in [3.8, 4) is 5.75 Å². The summed E-state index contributed by atoms with van der Waals surface area (Å²) in [4.78, 5) is 23.8. The largest absolute Gasteiger partial charge is 0.496 e. The van der Waals surface area contributed by atoms with E-state index in [0.29, 0.717) is 11.3 Å². The molecule has 0 bridgehead atoms. The average Bonchev–Trinajstić information content (AvgIpc) is 2.54. The summed E-state index contributed by atoms with van der Waals surface area (Å²) in [5.74, 6) is -0.261. The summed E-state index contributed by atoms with van der Waals surface area (Å²) in [6.07, 6.45) is 0.131. The molecule has 0 aliphatic carbocycles. The summed E-state index contributed by atoms with van der Waals surface area (Å²) in [5.41, 5.74) is 1.24. The van der Waals surface area contributed by atoms with Crippen LogP contribution in [0.4, 0.5) is 0 Å². The van der Waals surface area contributed by atoms with Gasteiger partial charge in [-0.15, -0.1) is 0 Å². The van der Waals surface area contributed by atoms with Gasteiger partial charge in [0, 0.05) is 4.47 Å². The van der Waals surface area contributed by atoms with E-state index in [1.165, 1.54) is 7.11 Å². The molecule has 2 aromatic carbocycles. The van der Waals surface area contributed by atoms with Gasteiger partial charge in [0.25, 0.3) is 0 Å². The number of rotatable bonds is 6. The highest BCUT2D eigenvalue weighted by atomic mass is 79.9. The van der Waals surface area contributed by atoms with Gasteiger partial charge < -0.3 is 9.47 Å². The predicted molar refractivity (Wildman–Crippen MR) is 86.1 cm³/mol. The number of ether oxygens (including phenoxy) is 2. The first-order chi connectivity index (χ1) is 10.6. The summed E-state index contributed by atoms with van der Waals surface area (Å²) in [6.45, 7) is -0.296. The number of hydrogen-bond acceptors (Lipinski definition) is 4. The standard InChI is InChI=1S/C17H15BrO4/c1-21-16-5-3-2-4-14(16)15(19)11-22-17(20)10-12-6-8-13(18)9-7-12/h2-9H,10-11H2,1H3. The summed E-state index contributed by atoms with van der Waals surface area (Å²) in [6, 6.07) is 14.2. The minimum Gasteiger partial charge on any atom is -0.496 e. The molecule has 114 valence electrons. The Labute approximate surface area is 137 Å². The molecule has 0 aromatic heterocycles. The van der Waals surface area contributed by atoms with Gasteiger partial charge in [0.05, 0.1) is 19.1 Å². The van der Waals surface area contributed by atoms with Crippen molar-refractivity contribution in [2.45, 2.75) is 6.42 Å². The molecule has 0 fully saturated rings. The summed E-state index contributed by atoms with van der Waals surface area (Å²) < 4.78 is 11.1. The number of Topliss-reactive ketones (excluding diaryl/α,β-unsaturated/α-hetero) is 1. The second-order valence-corrected chi connectivity index (χ2v) is 5.50. The number of carbonyl (C=O) groups excluding carboxylic acids is 2. The normalized spacial score (nSPS) is 10.1. The smallest absolute Gasteiger partial charge is 0.310 e. The second kappa shape index (κ2) is 7.75. The Morgan fingerprint density at radius 1 is 1.05 bits per heavy atom. The lowest BCUT2D eigenvalue weighted by Gasteiger charge is -2.08. The topological polar surface area (TPSA) is 52.6 Å². The van der Waals surface area contributed by atoms with Crippen LogP contribution in [0.5, 0.6) is 5.75 Å². The fourth-order valence-corrected chi connectivity index (χ4v) is 2.18. The maximum atomic E-state index is 12.1. The van der Waals surface area contributed by atoms with Crippen LogP contribution in [-0.4, -0.2) is 25.5 Å². The van der Waals surface area contributed by atoms with Crippen LogP contribution in [0.25, 0.3) is 0 Å². The summed E-state index contributed by atoms with van der Waals surface area (Å²) in [7, 11) is 1.49. The van der Waals surface area contributed by atoms with Crippen LogP contribution in [0.3, 0.4) is 0 Å². The van der Waals surface area contributed by atoms with Gasteiger partial charge in [-0.1, -0.05) is 40.2 Å². The quantitative estimate of drug-likeness (QED) is 0.583. The fourth-order valence-electron chi connectivity index (χ4n) is 1.92. The van der Waals surface area contributed by atoms with Gasteiger partial charge in [-0.3, -0.25) is 9.59 Å². The van der Waals surface area contributed by atoms with Gasteiger partial charge in [-0.25, -0.2) is 0 Å². The van der Waals surface area contributed by atoms with Crippen LogP contribution in [0.15, 0.2) is 53.0 Å². The van der Waals surface area contributed by atoms with Crippen LogP contribution >= 0.6 is 15.9 Å². The van der Waals surface area contributed by atoms with E-state index in [1.54, 1.807) is 24.3 Å². The molecule has 0 atom stereocenters. The lowest BCUT2D eigenvalue weighted by Crippen LogP contribution is -2.16. The number of methoxy groups -OCH3 is 1. The molecule has 4 nitrogen and oxygen atoms in total. The SMILES string of the molecule is COc1ccccc1C(=O)COC(=O)Cc1ccc(Br)cc1. The van der Waals surface area contributed by atoms with Crippen LogP contribution in [0, 0.1) is 0 Å². The Balaban J connectivity index is 1.90. The van der Waals surface area contributed by atoms with Crippen LogP contribution in [-0.2, 0) is 16.0 Å². The van der Waals surface area contributed by atoms with Crippen molar-refractivity contribution >= 4 is 27.7 Å². The Kier molecular flexibility index (Phi) is 5.72. The molecule has 2 aromatic rings. The number of hydrogen-bond donors (Lipinski definition) is 0. The molecule has 0 aliphatic heterocycles. The van der Waals surface area contributed by atoms with Crippen molar-refractivity contribution < 1.29 is 19.1 Å². The molecule has 2 rings (SSSR count). The van der Waals surface area contributed by atoms with Crippen molar-refractivity contribution in [1.29, 1.82) is 0 Å². The molecule has 0 aliphatic rings. The molecule has 0 heterocycles. The predicted octanol–water partition coefficient (Wildman–Crippen LogP) is 3.43. The number of halogens is 1. The summed E-state index contributed by atoms with van der Waals surface area (Å²) in [5, 5.41) is 0. The van der Waals surface area contributed by atoms with Crippen molar-refractivity contribution in [3.63, 3.8) is 0 Å². The number of carbonyl (C=O) groups is 2. The zero-order chi connectivity index (χ0) is 15.9. The molecule has 0 saturated carbocycles. The minimum atomic E-state index is -0.439. The van der Waals surface area contributed by atoms with Crippen molar-refractivity contribution in [2.24, 2.45) is 0 Å². The van der Waals surface area contributed by atoms with E-state index < -0.39 is 5.97 Å². The zero-order valence-electron chi connectivity index (χ0n) is 12.0. The van der Waals surface area contributed by atoms with Gasteiger partial charge in [0.2, 0.25) is 5.78 Å². The number of ketones is 1. The van der Waals surface area contributed by atoms with Gasteiger partial charge in [-0.2, -0.15) is 0 Å². The van der Waals surface area contributed by atoms with Gasteiger partial charge in [0.1, 0.15) is 5.75 Å². The molecule has 0 spiro atoms. The van der Waals surface area contributed by atoms with Crippen molar-refractivity contribution in [2.75, 3.05) is 13.7 Å². The Morgan fingerprint density at radius 3 is 2.41 bits per heavy atom. The first-order valence-corrected chi connectivity index (χ1v) is 7.45. The molecule has 22 heavy (non-hydrogen) atoms. The molecular weight excluding hydrogens is 348 g/mol. The van der Waals surface area contributed by atoms with Crippen LogP contribution in [0.1, 0.15) is 15.9 Å². The Morgan fingerprint density at radius 2 is 1.73 bits per heavy atom. The van der Waals surface area contributed by atoms with E-state index in [1.807, 2.05) is 24.3 Å². The third-order valence-corrected chi connectivity index (χ3v) is 3.56. The number of esters is 1. The summed E-state index contributed by atoms with van der Waals surface area (Å²) >= 11 is 3.33. The van der Waals surface area contributed by atoms with Crippen LogP contribution in [0.2, 0.25) is 0 Å². The zero-order valence-corrected chi connectivity index (χ0v) is 13.6. The molecule has 0 saturated heterocycles. The third-order valence-electron chi connectivity index (χ3n) is 3.03. The van der Waals surface area contributed by atoms with Crippen LogP contribution < -0.4 is 4.74 Å². The lowest BCUT2D eigenvalue weighted by atomic mass is 10.1. The lowest BCUT2D eigenvalue weighted by molar-refractivity contribution is -0.141. The van der Waals surface area contributed by atoms with Gasteiger partial charge in [0.15, 0.2) is 6.61 Å². The van der Waals surface area contributed by atoms with E-state index in [0.717, 1.165) is 10.0 Å². The number of para-hydroxylation sites is 1. The number of benzene rings is 2. The highest BCUT2D eigenvalue weighted by Gasteiger charge is 2.14. The first-order valence-electron chi connectivity index (χ1n) is 6.66. The first kappa shape index (κ1) is 16.2. The maximum absolute atomic E-state index is 12.1. The molecule has 5 heteroatoms. The van der Waals surface area contributed by atoms with Crippen molar-refractivity contribution in [3.05, 3.63) is 64.1 Å². The molecule has 0 amide bonds. The monoisotopic (exact) mass is 362 g/mol. The molecule has 0 radical (unpaired) electrons. The van der Waals surface area contributed by atoms with E-state index >= 15 is 0 Å². The molecule has 0 unspecified atom stereocenters. The highest BCUT2D eigenvalue weighted by Crippen LogP contribution is 2.18. The van der Waals surface area contributed by atoms with Gasteiger partial charge in [-0.05, 0) is 29.8 Å². The van der Waals surface area contributed by atoms with Crippen molar-refractivity contribution in [1.82, 2.24) is 0 Å². The second-order valence-electron chi connectivity index (χ2n) is 4.59. The highest BCUT2D eigenvalue weighted by molar-refractivity contribution is 9.10. The van der Waals surface area contributed by atoms with Gasteiger partial charge >= 0.3 is 5.97 Å². The molecular formula is C17H15BrO4. The average molecular weight is 363 g/mol.